The molecule has 7 nitrogen and oxygen atoms in total. The van der Waals surface area contributed by atoms with Crippen molar-refractivity contribution in [2.45, 2.75) is 45.1 Å². The van der Waals surface area contributed by atoms with Gasteiger partial charge < -0.3 is 10.1 Å². The molecule has 0 bridgehead atoms. The summed E-state index contributed by atoms with van der Waals surface area (Å²) in [4.78, 5) is 16.6. The number of amides is 1. The number of aromatic nitrogens is 1. The van der Waals surface area contributed by atoms with Crippen molar-refractivity contribution in [2.24, 2.45) is 5.92 Å². The third-order valence-electron chi connectivity index (χ3n) is 4.74. The van der Waals surface area contributed by atoms with Crippen molar-refractivity contribution in [3.8, 4) is 5.88 Å². The molecule has 150 valence electrons. The first-order valence-electron chi connectivity index (χ1n) is 9.29. The van der Waals surface area contributed by atoms with Crippen molar-refractivity contribution in [3.63, 3.8) is 0 Å². The molecule has 2 atom stereocenters. The van der Waals surface area contributed by atoms with E-state index in [0.29, 0.717) is 17.8 Å². The number of nitrogens with zero attached hydrogens (tertiary/aromatic N) is 2. The molecule has 0 saturated heterocycles. The minimum absolute atomic E-state index is 0.137. The van der Waals surface area contributed by atoms with E-state index < -0.39 is 10.0 Å². The summed E-state index contributed by atoms with van der Waals surface area (Å²) in [7, 11) is -3.80. The van der Waals surface area contributed by atoms with Gasteiger partial charge in [-0.15, -0.1) is 0 Å². The molecule has 1 aliphatic heterocycles. The molecule has 0 aliphatic carbocycles. The summed E-state index contributed by atoms with van der Waals surface area (Å²) in [6.07, 6.45) is 1.84. The second kappa shape index (κ2) is 7.79. The van der Waals surface area contributed by atoms with Crippen LogP contribution in [0.25, 0.3) is 0 Å². The predicted molar refractivity (Wildman–Crippen MR) is 108 cm³/mol. The highest BCUT2D eigenvalue weighted by molar-refractivity contribution is 7.92. The molecule has 2 aromatic rings. The first-order chi connectivity index (χ1) is 13.2. The maximum atomic E-state index is 13.3. The Morgan fingerprint density at radius 1 is 1.39 bits per heavy atom. The molecule has 0 saturated carbocycles. The summed E-state index contributed by atoms with van der Waals surface area (Å²) >= 11 is 0. The van der Waals surface area contributed by atoms with E-state index in [0.717, 1.165) is 5.56 Å². The number of fused-ring (bicyclic) bond motifs is 1. The molecule has 1 amide bonds. The lowest BCUT2D eigenvalue weighted by Gasteiger charge is -2.33. The highest BCUT2D eigenvalue weighted by Crippen LogP contribution is 2.37. The zero-order valence-electron chi connectivity index (χ0n) is 16.5. The van der Waals surface area contributed by atoms with Crippen LogP contribution in [0, 0.1) is 12.8 Å². The lowest BCUT2D eigenvalue weighted by Crippen LogP contribution is -2.42. The van der Waals surface area contributed by atoms with Crippen molar-refractivity contribution in [3.05, 3.63) is 42.1 Å². The number of aryl methyl sites for hydroxylation is 1. The summed E-state index contributed by atoms with van der Waals surface area (Å²) in [5.41, 5.74) is 1.61. The number of pyridine rings is 1. The summed E-state index contributed by atoms with van der Waals surface area (Å²) in [6.45, 7) is 7.57. The Labute approximate surface area is 165 Å². The Kier molecular flexibility index (Phi) is 5.60. The number of rotatable bonds is 5. The monoisotopic (exact) mass is 403 g/mol. The zero-order valence-corrected chi connectivity index (χ0v) is 17.3. The number of anilines is 2. The topological polar surface area (TPSA) is 88.6 Å². The van der Waals surface area contributed by atoms with Gasteiger partial charge in [0.15, 0.2) is 0 Å². The van der Waals surface area contributed by atoms with Crippen LogP contribution in [0.15, 0.2) is 41.4 Å². The van der Waals surface area contributed by atoms with Crippen LogP contribution >= 0.6 is 0 Å². The fourth-order valence-electron chi connectivity index (χ4n) is 2.92. The van der Waals surface area contributed by atoms with Crippen LogP contribution < -0.4 is 14.4 Å². The van der Waals surface area contributed by atoms with Crippen molar-refractivity contribution >= 4 is 27.3 Å². The molecule has 8 heteroatoms. The second-order valence-corrected chi connectivity index (χ2v) is 8.99. The Morgan fingerprint density at radius 2 is 2.14 bits per heavy atom. The molecule has 3 rings (SSSR count). The predicted octanol–water partition coefficient (Wildman–Crippen LogP) is 3.35. The molecule has 2 heterocycles. The average molecular weight is 404 g/mol. The maximum Gasteiger partial charge on any atom is 0.264 e. The van der Waals surface area contributed by atoms with Crippen LogP contribution in [0.5, 0.6) is 5.88 Å². The van der Waals surface area contributed by atoms with Gasteiger partial charge in [-0.1, -0.05) is 26.0 Å². The van der Waals surface area contributed by atoms with E-state index in [1.54, 1.807) is 31.2 Å². The van der Waals surface area contributed by atoms with Crippen LogP contribution in [-0.2, 0) is 14.8 Å². The van der Waals surface area contributed by atoms with Gasteiger partial charge in [-0.25, -0.2) is 13.4 Å². The number of benzene rings is 1. The van der Waals surface area contributed by atoms with Crippen LogP contribution in [0.1, 0.15) is 32.8 Å². The zero-order chi connectivity index (χ0) is 20.5. The van der Waals surface area contributed by atoms with Gasteiger partial charge in [0.1, 0.15) is 11.8 Å². The number of sulfonamides is 1. The van der Waals surface area contributed by atoms with E-state index in [-0.39, 0.29) is 35.2 Å². The molecule has 1 N–H and O–H groups in total. The SMILES string of the molecule is CCC(C)C(=O)Nc1cnc2c(c1)N(S(=O)(=O)c1cccc(C)c1)C[C@H](C)O2. The van der Waals surface area contributed by atoms with E-state index in [1.165, 1.54) is 10.5 Å². The third kappa shape index (κ3) is 3.96. The summed E-state index contributed by atoms with van der Waals surface area (Å²) in [5, 5.41) is 2.80. The highest BCUT2D eigenvalue weighted by Gasteiger charge is 2.34. The largest absolute Gasteiger partial charge is 0.471 e. The number of hydrogen-bond donors (Lipinski definition) is 1. The van der Waals surface area contributed by atoms with Gasteiger partial charge in [0, 0.05) is 5.92 Å². The average Bonchev–Trinajstić information content (AvgIpc) is 2.66. The fourth-order valence-corrected chi connectivity index (χ4v) is 4.56. The van der Waals surface area contributed by atoms with Crippen molar-refractivity contribution in [1.29, 1.82) is 0 Å². The van der Waals surface area contributed by atoms with Crippen LogP contribution in [0.4, 0.5) is 11.4 Å². The van der Waals surface area contributed by atoms with Gasteiger partial charge in [0.2, 0.25) is 11.8 Å². The van der Waals surface area contributed by atoms with E-state index in [4.69, 9.17) is 4.74 Å². The summed E-state index contributed by atoms with van der Waals surface area (Å²) in [6, 6.07) is 8.37. The van der Waals surface area contributed by atoms with Gasteiger partial charge >= 0.3 is 0 Å². The second-order valence-electron chi connectivity index (χ2n) is 7.13. The van der Waals surface area contributed by atoms with E-state index in [1.807, 2.05) is 26.8 Å². The smallest absolute Gasteiger partial charge is 0.264 e. The number of nitrogens with one attached hydrogen (secondary N) is 1. The van der Waals surface area contributed by atoms with E-state index in [9.17, 15) is 13.2 Å². The lowest BCUT2D eigenvalue weighted by atomic mass is 10.1. The molecular weight excluding hydrogens is 378 g/mol. The first kappa shape index (κ1) is 20.1. The van der Waals surface area contributed by atoms with Gasteiger partial charge in [0.25, 0.3) is 10.0 Å². The normalized spacial score (nSPS) is 17.4. The molecule has 1 aromatic carbocycles. The Morgan fingerprint density at radius 3 is 2.82 bits per heavy atom. The van der Waals surface area contributed by atoms with Gasteiger partial charge in [-0.05, 0) is 44.0 Å². The molecule has 1 aromatic heterocycles. The summed E-state index contributed by atoms with van der Waals surface area (Å²) < 4.78 is 33.6. The molecule has 1 aliphatic rings. The molecule has 0 spiro atoms. The highest BCUT2D eigenvalue weighted by atomic mass is 32.2. The van der Waals surface area contributed by atoms with Gasteiger partial charge in [-0.3, -0.25) is 9.10 Å². The quantitative estimate of drug-likeness (QED) is 0.827. The number of hydrogen-bond acceptors (Lipinski definition) is 5. The van der Waals surface area contributed by atoms with Crippen LogP contribution in [0.2, 0.25) is 0 Å². The van der Waals surface area contributed by atoms with Crippen molar-refractivity contribution < 1.29 is 17.9 Å². The Balaban J connectivity index is 2.01. The van der Waals surface area contributed by atoms with Gasteiger partial charge in [-0.2, -0.15) is 0 Å². The standard InChI is InChI=1S/C20H25N3O4S/c1-5-14(3)19(24)22-16-10-18-20(21-11-16)27-15(4)12-23(18)28(25,26)17-8-6-7-13(2)9-17/h6-11,14-15H,5,12H2,1-4H3,(H,22,24)/t14?,15-/m0/s1. The fraction of sp³-hybridized carbons (Fsp3) is 0.400. The number of ether oxygens (including phenoxy) is 1. The van der Waals surface area contributed by atoms with Crippen LogP contribution in [-0.4, -0.2) is 32.0 Å². The van der Waals surface area contributed by atoms with E-state index >= 15 is 0 Å². The molecule has 28 heavy (non-hydrogen) atoms. The molecular formula is C20H25N3O4S. The third-order valence-corrected chi connectivity index (χ3v) is 6.52. The van der Waals surface area contributed by atoms with Crippen molar-refractivity contribution in [2.75, 3.05) is 16.2 Å². The lowest BCUT2D eigenvalue weighted by molar-refractivity contribution is -0.119. The number of carbonyl (C=O) groups excluding carboxylic acids is 1. The van der Waals surface area contributed by atoms with Gasteiger partial charge in [0.05, 0.1) is 23.3 Å². The maximum absolute atomic E-state index is 13.3. The van der Waals surface area contributed by atoms with Crippen LogP contribution in [0.3, 0.4) is 0 Å². The van der Waals surface area contributed by atoms with Crippen molar-refractivity contribution in [1.82, 2.24) is 4.98 Å². The first-order valence-corrected chi connectivity index (χ1v) is 10.7. The molecule has 0 fully saturated rings. The Bertz CT molecular complexity index is 991. The van der Waals surface area contributed by atoms with E-state index in [2.05, 4.69) is 10.3 Å². The molecule has 1 unspecified atom stereocenters. The summed E-state index contributed by atoms with van der Waals surface area (Å²) in [5.74, 6) is -0.0570. The minimum atomic E-state index is -3.80. The molecule has 0 radical (unpaired) electrons. The Hall–Kier alpha value is -2.61. The minimum Gasteiger partial charge on any atom is -0.471 e. The number of carbonyl (C=O) groups is 1.